The van der Waals surface area contributed by atoms with Gasteiger partial charge in [-0.2, -0.15) is 0 Å². The number of amides is 1. The van der Waals surface area contributed by atoms with Crippen molar-refractivity contribution in [2.24, 2.45) is 0 Å². The monoisotopic (exact) mass is 558 g/mol. The van der Waals surface area contributed by atoms with E-state index in [0.717, 1.165) is 17.5 Å². The number of fused-ring (bicyclic) bond motifs is 1. The first-order valence-electron chi connectivity index (χ1n) is 13.2. The fourth-order valence-corrected chi connectivity index (χ4v) is 5.65. The maximum atomic E-state index is 13.6. The average Bonchev–Trinajstić information content (AvgIpc) is 3.51. The van der Waals surface area contributed by atoms with E-state index in [1.165, 1.54) is 16.2 Å². The van der Waals surface area contributed by atoms with Crippen molar-refractivity contribution in [2.75, 3.05) is 25.2 Å². The van der Waals surface area contributed by atoms with Gasteiger partial charge in [-0.3, -0.25) is 14.5 Å². The minimum absolute atomic E-state index is 0.0184. The third kappa shape index (κ3) is 5.12. The Bertz CT molecular complexity index is 1580. The van der Waals surface area contributed by atoms with E-state index in [4.69, 9.17) is 14.2 Å². The lowest BCUT2D eigenvalue weighted by molar-refractivity contribution is -0.132. The first-order chi connectivity index (χ1) is 19.5. The molecule has 3 aromatic carbocycles. The highest BCUT2D eigenvalue weighted by atomic mass is 32.1. The second-order valence-electron chi connectivity index (χ2n) is 9.21. The van der Waals surface area contributed by atoms with E-state index in [-0.39, 0.29) is 11.3 Å². The topological polar surface area (TPSA) is 98.2 Å². The number of thiazole rings is 1. The molecule has 0 bridgehead atoms. The number of unbranched alkanes of at least 4 members (excludes halogenated alkanes) is 1. The molecule has 1 aromatic heterocycles. The van der Waals surface area contributed by atoms with Gasteiger partial charge in [0, 0.05) is 5.56 Å². The molecule has 2 heterocycles. The van der Waals surface area contributed by atoms with Gasteiger partial charge in [0.15, 0.2) is 16.6 Å². The Balaban J connectivity index is 1.68. The number of aliphatic hydroxyl groups is 1. The van der Waals surface area contributed by atoms with Crippen LogP contribution in [-0.2, 0) is 9.59 Å². The minimum Gasteiger partial charge on any atom is -0.507 e. The van der Waals surface area contributed by atoms with Gasteiger partial charge in [-0.1, -0.05) is 61.1 Å². The Morgan fingerprint density at radius 2 is 1.80 bits per heavy atom. The zero-order valence-corrected chi connectivity index (χ0v) is 23.4. The number of rotatable bonds is 10. The van der Waals surface area contributed by atoms with Gasteiger partial charge in [-0.25, -0.2) is 4.98 Å². The summed E-state index contributed by atoms with van der Waals surface area (Å²) in [6, 6.07) is 18.6. The zero-order chi connectivity index (χ0) is 28.2. The quantitative estimate of drug-likeness (QED) is 0.103. The number of carbonyl (C=O) groups excluding carboxylic acids is 2. The number of hydrogen-bond donors (Lipinski definition) is 1. The number of carbonyl (C=O) groups is 2. The van der Waals surface area contributed by atoms with E-state index in [2.05, 4.69) is 11.9 Å². The summed E-state index contributed by atoms with van der Waals surface area (Å²) in [6.07, 6.45) is 1.89. The number of aliphatic hydroxyl groups excluding tert-OH is 1. The Hall–Kier alpha value is -4.37. The van der Waals surface area contributed by atoms with E-state index >= 15 is 0 Å². The third-order valence-electron chi connectivity index (χ3n) is 6.62. The molecule has 5 rings (SSSR count). The number of anilines is 1. The van der Waals surface area contributed by atoms with Gasteiger partial charge >= 0.3 is 5.91 Å². The van der Waals surface area contributed by atoms with Crippen molar-refractivity contribution in [1.82, 2.24) is 4.98 Å². The molecular weight excluding hydrogens is 528 g/mol. The number of nitrogens with zero attached hydrogens (tertiary/aromatic N) is 2. The van der Waals surface area contributed by atoms with Crippen LogP contribution in [0.2, 0.25) is 0 Å². The van der Waals surface area contributed by atoms with Crippen LogP contribution >= 0.6 is 11.3 Å². The lowest BCUT2D eigenvalue weighted by atomic mass is 9.95. The van der Waals surface area contributed by atoms with Crippen molar-refractivity contribution in [3.05, 3.63) is 83.4 Å². The highest BCUT2D eigenvalue weighted by Gasteiger charge is 2.48. The molecule has 8 nitrogen and oxygen atoms in total. The van der Waals surface area contributed by atoms with Gasteiger partial charge in [0.1, 0.15) is 11.5 Å². The summed E-state index contributed by atoms with van der Waals surface area (Å²) >= 11 is 1.27. The Morgan fingerprint density at radius 1 is 1.00 bits per heavy atom. The molecule has 0 aliphatic carbocycles. The molecule has 1 unspecified atom stereocenters. The molecule has 0 spiro atoms. The van der Waals surface area contributed by atoms with E-state index in [1.807, 2.05) is 19.1 Å². The van der Waals surface area contributed by atoms with Crippen LogP contribution in [0.3, 0.4) is 0 Å². The van der Waals surface area contributed by atoms with Crippen LogP contribution in [0.1, 0.15) is 43.9 Å². The fourth-order valence-electron chi connectivity index (χ4n) is 4.63. The highest BCUT2D eigenvalue weighted by Crippen LogP contribution is 2.46. The molecule has 0 radical (unpaired) electrons. The van der Waals surface area contributed by atoms with Crippen LogP contribution in [0.4, 0.5) is 5.13 Å². The molecule has 4 aromatic rings. The summed E-state index contributed by atoms with van der Waals surface area (Å²) < 4.78 is 18.0. The summed E-state index contributed by atoms with van der Waals surface area (Å²) in [4.78, 5) is 33.2. The molecule has 1 N–H and O–H groups in total. The molecule has 1 amide bonds. The van der Waals surface area contributed by atoms with Crippen molar-refractivity contribution in [3.8, 4) is 17.2 Å². The van der Waals surface area contributed by atoms with E-state index < -0.39 is 17.7 Å². The summed E-state index contributed by atoms with van der Waals surface area (Å²) in [5.74, 6) is -0.0819. The zero-order valence-electron chi connectivity index (χ0n) is 22.5. The van der Waals surface area contributed by atoms with Gasteiger partial charge in [-0.05, 0) is 49.2 Å². The second-order valence-corrected chi connectivity index (χ2v) is 10.2. The molecule has 40 heavy (non-hydrogen) atoms. The van der Waals surface area contributed by atoms with E-state index in [1.54, 1.807) is 61.7 Å². The molecule has 1 saturated heterocycles. The number of ether oxygens (including phenoxy) is 3. The Labute approximate surface area is 236 Å². The molecular formula is C31H30N2O6S. The largest absolute Gasteiger partial charge is 0.507 e. The number of ketones is 1. The van der Waals surface area contributed by atoms with Gasteiger partial charge < -0.3 is 19.3 Å². The predicted molar refractivity (Wildman–Crippen MR) is 155 cm³/mol. The first kappa shape index (κ1) is 27.2. The van der Waals surface area contributed by atoms with Crippen LogP contribution in [-0.4, -0.2) is 42.1 Å². The van der Waals surface area contributed by atoms with Crippen molar-refractivity contribution < 1.29 is 28.9 Å². The van der Waals surface area contributed by atoms with Gasteiger partial charge in [0.25, 0.3) is 5.78 Å². The van der Waals surface area contributed by atoms with Crippen molar-refractivity contribution in [3.63, 3.8) is 0 Å². The molecule has 0 saturated carbocycles. The van der Waals surface area contributed by atoms with Crippen LogP contribution in [0.5, 0.6) is 17.2 Å². The molecule has 1 atom stereocenters. The number of methoxy groups -OCH3 is 1. The summed E-state index contributed by atoms with van der Waals surface area (Å²) in [7, 11) is 1.58. The smallest absolute Gasteiger partial charge is 0.301 e. The van der Waals surface area contributed by atoms with Crippen molar-refractivity contribution >= 4 is 44.1 Å². The lowest BCUT2D eigenvalue weighted by Gasteiger charge is -2.24. The minimum atomic E-state index is -0.938. The number of Topliss-reactive ketones (excluding diaryl/α,β-unsaturated/α-hetero) is 1. The Morgan fingerprint density at radius 3 is 2.52 bits per heavy atom. The molecule has 1 fully saturated rings. The summed E-state index contributed by atoms with van der Waals surface area (Å²) in [6.45, 7) is 4.90. The highest BCUT2D eigenvalue weighted by molar-refractivity contribution is 7.22. The molecule has 206 valence electrons. The number of hydrogen-bond acceptors (Lipinski definition) is 8. The second kappa shape index (κ2) is 11.8. The van der Waals surface area contributed by atoms with E-state index in [0.29, 0.717) is 52.2 Å². The SMILES string of the molecule is CCCCOc1ccc(C2/C(=C(\O)c3ccccc3)C(=O)C(=O)N2c2nc3ccc(OC)cc3s2)cc1OCC. The average molecular weight is 559 g/mol. The van der Waals surface area contributed by atoms with Crippen LogP contribution < -0.4 is 19.1 Å². The van der Waals surface area contributed by atoms with Crippen LogP contribution in [0.15, 0.2) is 72.3 Å². The molecule has 1 aliphatic heterocycles. The Kier molecular flexibility index (Phi) is 8.02. The number of benzene rings is 3. The first-order valence-corrected chi connectivity index (χ1v) is 14.0. The van der Waals surface area contributed by atoms with Crippen LogP contribution in [0.25, 0.3) is 16.0 Å². The normalized spacial score (nSPS) is 16.5. The number of aromatic nitrogens is 1. The van der Waals surface area contributed by atoms with Crippen molar-refractivity contribution in [1.29, 1.82) is 0 Å². The van der Waals surface area contributed by atoms with Crippen LogP contribution in [0, 0.1) is 0 Å². The maximum Gasteiger partial charge on any atom is 0.301 e. The third-order valence-corrected chi connectivity index (χ3v) is 7.64. The van der Waals surface area contributed by atoms with Gasteiger partial charge in [-0.15, -0.1) is 0 Å². The van der Waals surface area contributed by atoms with Gasteiger partial charge in [0.05, 0.1) is 42.2 Å². The van der Waals surface area contributed by atoms with Gasteiger partial charge in [0.2, 0.25) is 0 Å². The van der Waals surface area contributed by atoms with E-state index in [9.17, 15) is 14.7 Å². The van der Waals surface area contributed by atoms with Crippen molar-refractivity contribution in [2.45, 2.75) is 32.7 Å². The molecule has 1 aliphatic rings. The maximum absolute atomic E-state index is 13.6. The summed E-state index contributed by atoms with van der Waals surface area (Å²) in [5.41, 5.74) is 1.67. The fraction of sp³-hybridized carbons (Fsp3) is 0.258. The summed E-state index contributed by atoms with van der Waals surface area (Å²) in [5, 5.41) is 11.7. The predicted octanol–water partition coefficient (Wildman–Crippen LogP) is 6.51. The standard InChI is InChI=1S/C31H30N2O6S/c1-4-6-16-39-23-15-12-20(17-24(23)38-5-2)27-26(28(34)19-10-8-7-9-11-19)29(35)30(36)33(27)31-32-22-14-13-21(37-3)18-25(22)40-31/h7-15,17-18,27,34H,4-6,16H2,1-3H3/b28-26+. The lowest BCUT2D eigenvalue weighted by Crippen LogP contribution is -2.29. The molecule has 9 heteroatoms.